The Bertz CT molecular complexity index is 534. The predicted molar refractivity (Wildman–Crippen MR) is 75.9 cm³/mol. The molecule has 3 heterocycles. The minimum Gasteiger partial charge on any atom is -0.349 e. The SMILES string of the molecule is CC(=O)N1Cc2cccn2CC(CC(=O)N2CCCO2)C1. The van der Waals surface area contributed by atoms with Gasteiger partial charge in [-0.05, 0) is 18.6 Å². The number of nitrogens with zero attached hydrogens (tertiary/aromatic N) is 3. The van der Waals surface area contributed by atoms with Gasteiger partial charge in [0.05, 0.1) is 19.7 Å². The molecule has 114 valence electrons. The molecule has 1 fully saturated rings. The molecule has 0 spiro atoms. The van der Waals surface area contributed by atoms with Crippen LogP contribution in [0, 0.1) is 5.92 Å². The van der Waals surface area contributed by atoms with Crippen molar-refractivity contribution in [3.8, 4) is 0 Å². The fourth-order valence-corrected chi connectivity index (χ4v) is 3.04. The quantitative estimate of drug-likeness (QED) is 0.817. The van der Waals surface area contributed by atoms with Crippen molar-refractivity contribution in [1.29, 1.82) is 0 Å². The Morgan fingerprint density at radius 1 is 1.38 bits per heavy atom. The summed E-state index contributed by atoms with van der Waals surface area (Å²) in [6.07, 6.45) is 3.34. The maximum atomic E-state index is 12.2. The number of fused-ring (bicyclic) bond motifs is 1. The highest BCUT2D eigenvalue weighted by Crippen LogP contribution is 2.21. The van der Waals surface area contributed by atoms with Crippen LogP contribution in [0.15, 0.2) is 18.3 Å². The second-order valence-electron chi connectivity index (χ2n) is 5.80. The molecule has 1 aromatic heterocycles. The number of hydroxylamine groups is 2. The molecule has 0 aliphatic carbocycles. The summed E-state index contributed by atoms with van der Waals surface area (Å²) in [7, 11) is 0. The molecule has 0 aromatic carbocycles. The van der Waals surface area contributed by atoms with Crippen molar-refractivity contribution in [2.24, 2.45) is 5.92 Å². The lowest BCUT2D eigenvalue weighted by Crippen LogP contribution is -2.35. The largest absolute Gasteiger partial charge is 0.349 e. The third kappa shape index (κ3) is 3.10. The molecule has 1 saturated heterocycles. The summed E-state index contributed by atoms with van der Waals surface area (Å²) in [4.78, 5) is 31.1. The Kier molecular flexibility index (Phi) is 3.96. The molecule has 0 saturated carbocycles. The van der Waals surface area contributed by atoms with E-state index in [1.54, 1.807) is 6.92 Å². The second kappa shape index (κ2) is 5.89. The average Bonchev–Trinajstić information content (AvgIpc) is 3.07. The summed E-state index contributed by atoms with van der Waals surface area (Å²) >= 11 is 0. The molecule has 2 amide bonds. The van der Waals surface area contributed by atoms with Crippen molar-refractivity contribution in [1.82, 2.24) is 14.5 Å². The third-order valence-corrected chi connectivity index (χ3v) is 4.15. The van der Waals surface area contributed by atoms with Crippen LogP contribution in [0.3, 0.4) is 0 Å². The highest BCUT2D eigenvalue weighted by Gasteiger charge is 2.28. The molecule has 2 aliphatic heterocycles. The van der Waals surface area contributed by atoms with Gasteiger partial charge in [-0.2, -0.15) is 0 Å². The van der Waals surface area contributed by atoms with E-state index in [1.165, 1.54) is 5.06 Å². The first-order chi connectivity index (χ1) is 10.1. The molecule has 0 radical (unpaired) electrons. The fourth-order valence-electron chi connectivity index (χ4n) is 3.04. The van der Waals surface area contributed by atoms with Crippen LogP contribution in [0.2, 0.25) is 0 Å². The van der Waals surface area contributed by atoms with Crippen LogP contribution in [0.25, 0.3) is 0 Å². The van der Waals surface area contributed by atoms with E-state index in [9.17, 15) is 9.59 Å². The summed E-state index contributed by atoms with van der Waals surface area (Å²) < 4.78 is 2.14. The predicted octanol–water partition coefficient (Wildman–Crippen LogP) is 1.02. The normalized spacial score (nSPS) is 22.0. The Morgan fingerprint density at radius 3 is 2.95 bits per heavy atom. The standard InChI is InChI=1S/C15H21N3O3/c1-12(19)17-10-13(8-15(20)18-6-3-7-21-18)9-16-5-2-4-14(16)11-17/h2,4-5,13H,3,6-11H2,1H3. The van der Waals surface area contributed by atoms with E-state index in [2.05, 4.69) is 4.57 Å². The first kappa shape index (κ1) is 14.1. The summed E-state index contributed by atoms with van der Waals surface area (Å²) in [6, 6.07) is 4.02. The average molecular weight is 291 g/mol. The van der Waals surface area contributed by atoms with Crippen molar-refractivity contribution in [3.63, 3.8) is 0 Å². The number of rotatable bonds is 2. The van der Waals surface area contributed by atoms with Gasteiger partial charge in [0.2, 0.25) is 11.8 Å². The Labute approximate surface area is 124 Å². The van der Waals surface area contributed by atoms with Gasteiger partial charge in [-0.1, -0.05) is 0 Å². The third-order valence-electron chi connectivity index (χ3n) is 4.15. The van der Waals surface area contributed by atoms with Gasteiger partial charge in [0, 0.05) is 44.2 Å². The smallest absolute Gasteiger partial charge is 0.246 e. The zero-order valence-electron chi connectivity index (χ0n) is 12.3. The molecule has 6 heteroatoms. The van der Waals surface area contributed by atoms with E-state index in [-0.39, 0.29) is 17.7 Å². The van der Waals surface area contributed by atoms with E-state index >= 15 is 0 Å². The molecule has 2 aliphatic rings. The number of amides is 2. The molecule has 0 bridgehead atoms. The van der Waals surface area contributed by atoms with Crippen molar-refractivity contribution in [2.75, 3.05) is 19.7 Å². The van der Waals surface area contributed by atoms with E-state index in [4.69, 9.17) is 4.84 Å². The van der Waals surface area contributed by atoms with Gasteiger partial charge in [0.25, 0.3) is 0 Å². The lowest BCUT2D eigenvalue weighted by molar-refractivity contribution is -0.170. The molecule has 3 rings (SSSR count). The highest BCUT2D eigenvalue weighted by molar-refractivity contribution is 5.76. The Morgan fingerprint density at radius 2 is 2.24 bits per heavy atom. The minimum absolute atomic E-state index is 0.0246. The topological polar surface area (TPSA) is 54.8 Å². The molecule has 1 aromatic rings. The molecule has 6 nitrogen and oxygen atoms in total. The maximum absolute atomic E-state index is 12.2. The monoisotopic (exact) mass is 291 g/mol. The number of carbonyl (C=O) groups is 2. The second-order valence-corrected chi connectivity index (χ2v) is 5.80. The lowest BCUT2D eigenvalue weighted by atomic mass is 10.0. The number of aromatic nitrogens is 1. The molecule has 1 atom stereocenters. The summed E-state index contributed by atoms with van der Waals surface area (Å²) in [5.41, 5.74) is 1.12. The fraction of sp³-hybridized carbons (Fsp3) is 0.600. The zero-order valence-corrected chi connectivity index (χ0v) is 12.3. The van der Waals surface area contributed by atoms with Crippen molar-refractivity contribution in [3.05, 3.63) is 24.0 Å². The zero-order chi connectivity index (χ0) is 14.8. The first-order valence-corrected chi connectivity index (χ1v) is 7.46. The van der Waals surface area contributed by atoms with Crippen LogP contribution >= 0.6 is 0 Å². The molecule has 0 N–H and O–H groups in total. The van der Waals surface area contributed by atoms with Crippen LogP contribution in [0.1, 0.15) is 25.5 Å². The van der Waals surface area contributed by atoms with E-state index in [1.807, 2.05) is 23.2 Å². The van der Waals surface area contributed by atoms with Crippen LogP contribution in [0.4, 0.5) is 0 Å². The van der Waals surface area contributed by atoms with Crippen LogP contribution in [-0.2, 0) is 27.5 Å². The molecular weight excluding hydrogens is 270 g/mol. The Hall–Kier alpha value is -1.82. The highest BCUT2D eigenvalue weighted by atomic mass is 16.7. The van der Waals surface area contributed by atoms with Crippen molar-refractivity contribution >= 4 is 11.8 Å². The van der Waals surface area contributed by atoms with Crippen LogP contribution in [-0.4, -0.2) is 46.0 Å². The van der Waals surface area contributed by atoms with Crippen LogP contribution in [0.5, 0.6) is 0 Å². The summed E-state index contributed by atoms with van der Waals surface area (Å²) in [5, 5.41) is 1.47. The summed E-state index contributed by atoms with van der Waals surface area (Å²) in [6.45, 7) is 4.89. The number of hydrogen-bond donors (Lipinski definition) is 0. The Balaban J connectivity index is 1.71. The molecular formula is C15H21N3O3. The van der Waals surface area contributed by atoms with Gasteiger partial charge in [0.1, 0.15) is 0 Å². The van der Waals surface area contributed by atoms with Gasteiger partial charge in [-0.15, -0.1) is 0 Å². The van der Waals surface area contributed by atoms with Crippen molar-refractivity contribution < 1.29 is 14.4 Å². The van der Waals surface area contributed by atoms with Crippen molar-refractivity contribution in [2.45, 2.75) is 32.9 Å². The van der Waals surface area contributed by atoms with E-state index in [0.29, 0.717) is 32.7 Å². The number of carbonyl (C=O) groups excluding carboxylic acids is 2. The van der Waals surface area contributed by atoms with E-state index in [0.717, 1.165) is 18.7 Å². The van der Waals surface area contributed by atoms with Gasteiger partial charge in [-0.3, -0.25) is 14.4 Å². The van der Waals surface area contributed by atoms with Crippen LogP contribution < -0.4 is 0 Å². The van der Waals surface area contributed by atoms with Gasteiger partial charge >= 0.3 is 0 Å². The lowest BCUT2D eigenvalue weighted by Gasteiger charge is -2.24. The summed E-state index contributed by atoms with van der Waals surface area (Å²) in [5.74, 6) is 0.204. The van der Waals surface area contributed by atoms with Gasteiger partial charge in [0.15, 0.2) is 0 Å². The minimum atomic E-state index is 0.0246. The number of hydrogen-bond acceptors (Lipinski definition) is 3. The molecule has 21 heavy (non-hydrogen) atoms. The van der Waals surface area contributed by atoms with E-state index < -0.39 is 0 Å². The van der Waals surface area contributed by atoms with Gasteiger partial charge in [-0.25, -0.2) is 5.06 Å². The maximum Gasteiger partial charge on any atom is 0.246 e. The van der Waals surface area contributed by atoms with Gasteiger partial charge < -0.3 is 9.47 Å². The first-order valence-electron chi connectivity index (χ1n) is 7.46. The molecule has 1 unspecified atom stereocenters.